The van der Waals surface area contributed by atoms with Crippen LogP contribution in [0.2, 0.25) is 0 Å². The highest BCUT2D eigenvalue weighted by Crippen LogP contribution is 2.22. The van der Waals surface area contributed by atoms with Gasteiger partial charge in [-0.25, -0.2) is 8.42 Å². The summed E-state index contributed by atoms with van der Waals surface area (Å²) in [7, 11) is -3.38. The van der Waals surface area contributed by atoms with Crippen LogP contribution in [0.1, 0.15) is 11.1 Å². The molecule has 4 heteroatoms. The Labute approximate surface area is 107 Å². The van der Waals surface area contributed by atoms with Crippen molar-refractivity contribution in [3.8, 4) is 0 Å². The van der Waals surface area contributed by atoms with Gasteiger partial charge in [0, 0.05) is 0 Å². The summed E-state index contributed by atoms with van der Waals surface area (Å²) in [6.45, 7) is 1.97. The maximum atomic E-state index is 12.2. The maximum absolute atomic E-state index is 12.2. The molecule has 0 radical (unpaired) electrons. The first-order chi connectivity index (χ1) is 8.49. The Balaban J connectivity index is 2.33. The zero-order chi connectivity index (χ0) is 13.2. The predicted octanol–water partition coefficient (Wildman–Crippen LogP) is 2.55. The highest BCUT2D eigenvalue weighted by atomic mass is 32.2. The summed E-state index contributed by atoms with van der Waals surface area (Å²) in [6.07, 6.45) is 0. The van der Waals surface area contributed by atoms with Crippen LogP contribution in [-0.2, 0) is 15.6 Å². The van der Waals surface area contributed by atoms with Crippen LogP contribution in [0.4, 0.5) is 5.69 Å². The highest BCUT2D eigenvalue weighted by Gasteiger charge is 2.17. The second-order valence-corrected chi connectivity index (χ2v) is 6.24. The van der Waals surface area contributed by atoms with Crippen molar-refractivity contribution in [2.24, 2.45) is 0 Å². The van der Waals surface area contributed by atoms with Crippen molar-refractivity contribution in [3.63, 3.8) is 0 Å². The zero-order valence-corrected chi connectivity index (χ0v) is 10.9. The van der Waals surface area contributed by atoms with Crippen LogP contribution in [0.5, 0.6) is 0 Å². The lowest BCUT2D eigenvalue weighted by molar-refractivity contribution is 0.595. The van der Waals surface area contributed by atoms with Gasteiger partial charge in [0.05, 0.1) is 16.3 Å². The number of aryl methyl sites for hydroxylation is 1. The summed E-state index contributed by atoms with van der Waals surface area (Å²) in [6, 6.07) is 14.0. The molecule has 2 N–H and O–H groups in total. The molecule has 0 aliphatic carbocycles. The number of anilines is 1. The first kappa shape index (κ1) is 12.6. The third kappa shape index (κ3) is 2.71. The monoisotopic (exact) mass is 261 g/mol. The summed E-state index contributed by atoms with van der Waals surface area (Å²) in [4.78, 5) is 0.200. The van der Waals surface area contributed by atoms with Gasteiger partial charge in [0.2, 0.25) is 0 Å². The molecule has 2 aromatic carbocycles. The molecule has 0 fully saturated rings. The van der Waals surface area contributed by atoms with Crippen molar-refractivity contribution in [2.75, 3.05) is 5.73 Å². The lowest BCUT2D eigenvalue weighted by Crippen LogP contribution is -2.07. The number of nitrogen functional groups attached to an aromatic ring is 1. The largest absolute Gasteiger partial charge is 0.398 e. The third-order valence-electron chi connectivity index (χ3n) is 2.73. The lowest BCUT2D eigenvalue weighted by Gasteiger charge is -2.07. The van der Waals surface area contributed by atoms with Gasteiger partial charge in [-0.15, -0.1) is 0 Å². The van der Waals surface area contributed by atoms with Gasteiger partial charge >= 0.3 is 0 Å². The summed E-state index contributed by atoms with van der Waals surface area (Å²) in [5, 5.41) is 0. The molecule has 0 aliphatic rings. The average molecular weight is 261 g/mol. The standard InChI is InChI=1S/C14H15NO2S/c1-11-6-8-12(9-7-11)10-18(16,17)14-5-3-2-4-13(14)15/h2-9H,10,15H2,1H3. The molecule has 0 saturated carbocycles. The quantitative estimate of drug-likeness (QED) is 0.864. The van der Waals surface area contributed by atoms with Gasteiger partial charge in [-0.1, -0.05) is 42.0 Å². The molecule has 0 saturated heterocycles. The second-order valence-electron chi connectivity index (χ2n) is 4.28. The van der Waals surface area contributed by atoms with Crippen LogP contribution in [0.15, 0.2) is 53.4 Å². The fraction of sp³-hybridized carbons (Fsp3) is 0.143. The number of benzene rings is 2. The molecule has 0 spiro atoms. The summed E-state index contributed by atoms with van der Waals surface area (Å²) in [5.74, 6) is -0.0263. The van der Waals surface area contributed by atoms with E-state index in [0.29, 0.717) is 5.69 Å². The maximum Gasteiger partial charge on any atom is 0.184 e. The lowest BCUT2D eigenvalue weighted by atomic mass is 10.2. The van der Waals surface area contributed by atoms with Crippen molar-refractivity contribution < 1.29 is 8.42 Å². The molecule has 0 aromatic heterocycles. The number of sulfone groups is 1. The molecule has 94 valence electrons. The van der Waals surface area contributed by atoms with E-state index < -0.39 is 9.84 Å². The van der Waals surface area contributed by atoms with Crippen LogP contribution in [0, 0.1) is 6.92 Å². The van der Waals surface area contributed by atoms with E-state index in [1.165, 1.54) is 0 Å². The van der Waals surface area contributed by atoms with E-state index >= 15 is 0 Å². The van der Waals surface area contributed by atoms with Gasteiger partial charge in [0.1, 0.15) is 0 Å². The van der Waals surface area contributed by atoms with Crippen LogP contribution in [-0.4, -0.2) is 8.42 Å². The fourth-order valence-corrected chi connectivity index (χ4v) is 3.25. The minimum absolute atomic E-state index is 0.0263. The van der Waals surface area contributed by atoms with Gasteiger partial charge in [-0.3, -0.25) is 0 Å². The number of para-hydroxylation sites is 1. The zero-order valence-electron chi connectivity index (χ0n) is 10.1. The SMILES string of the molecule is Cc1ccc(CS(=O)(=O)c2ccccc2N)cc1. The number of rotatable bonds is 3. The Morgan fingerprint density at radius 1 is 1.00 bits per heavy atom. The molecule has 2 aromatic rings. The van der Waals surface area contributed by atoms with Crippen LogP contribution in [0.25, 0.3) is 0 Å². The Kier molecular flexibility index (Phi) is 3.39. The molecule has 2 rings (SSSR count). The first-order valence-electron chi connectivity index (χ1n) is 5.62. The fourth-order valence-electron chi connectivity index (χ4n) is 1.75. The van der Waals surface area contributed by atoms with Crippen LogP contribution >= 0.6 is 0 Å². The first-order valence-corrected chi connectivity index (χ1v) is 7.27. The van der Waals surface area contributed by atoms with Gasteiger partial charge in [-0.2, -0.15) is 0 Å². The topological polar surface area (TPSA) is 60.2 Å². The molecule has 0 heterocycles. The van der Waals surface area contributed by atoms with E-state index in [-0.39, 0.29) is 10.6 Å². The van der Waals surface area contributed by atoms with Crippen molar-refractivity contribution in [2.45, 2.75) is 17.6 Å². The van der Waals surface area contributed by atoms with E-state index in [9.17, 15) is 8.42 Å². The average Bonchev–Trinajstić information content (AvgIpc) is 2.32. The van der Waals surface area contributed by atoms with Gasteiger partial charge < -0.3 is 5.73 Å². The van der Waals surface area contributed by atoms with E-state index in [1.54, 1.807) is 24.3 Å². The van der Waals surface area contributed by atoms with E-state index in [1.807, 2.05) is 31.2 Å². The minimum atomic E-state index is -3.38. The highest BCUT2D eigenvalue weighted by molar-refractivity contribution is 7.90. The molecular formula is C14H15NO2S. The summed E-state index contributed by atoms with van der Waals surface area (Å²) in [5.41, 5.74) is 7.88. The van der Waals surface area contributed by atoms with Crippen molar-refractivity contribution in [1.29, 1.82) is 0 Å². The van der Waals surface area contributed by atoms with Crippen molar-refractivity contribution in [3.05, 3.63) is 59.7 Å². The van der Waals surface area contributed by atoms with Crippen molar-refractivity contribution >= 4 is 15.5 Å². The minimum Gasteiger partial charge on any atom is -0.398 e. The molecule has 0 atom stereocenters. The van der Waals surface area contributed by atoms with Crippen LogP contribution in [0.3, 0.4) is 0 Å². The molecule has 0 amide bonds. The third-order valence-corrected chi connectivity index (χ3v) is 4.49. The van der Waals surface area contributed by atoms with E-state index in [2.05, 4.69) is 0 Å². The molecule has 0 unspecified atom stereocenters. The van der Waals surface area contributed by atoms with Crippen LogP contribution < -0.4 is 5.73 Å². The number of hydrogen-bond donors (Lipinski definition) is 1. The Bertz CT molecular complexity index is 646. The second kappa shape index (κ2) is 4.82. The van der Waals surface area contributed by atoms with E-state index in [4.69, 9.17) is 5.73 Å². The molecule has 0 bridgehead atoms. The molecule has 18 heavy (non-hydrogen) atoms. The molecule has 0 aliphatic heterocycles. The molecular weight excluding hydrogens is 246 g/mol. The van der Waals surface area contributed by atoms with Gasteiger partial charge in [0.25, 0.3) is 0 Å². The molecule has 3 nitrogen and oxygen atoms in total. The van der Waals surface area contributed by atoms with Gasteiger partial charge in [-0.05, 0) is 24.6 Å². The Morgan fingerprint density at radius 2 is 1.61 bits per heavy atom. The Hall–Kier alpha value is -1.81. The normalized spacial score (nSPS) is 11.4. The van der Waals surface area contributed by atoms with Crippen molar-refractivity contribution in [1.82, 2.24) is 0 Å². The predicted molar refractivity (Wildman–Crippen MR) is 72.9 cm³/mol. The number of nitrogens with two attached hydrogens (primary N) is 1. The summed E-state index contributed by atoms with van der Waals surface area (Å²) >= 11 is 0. The van der Waals surface area contributed by atoms with E-state index in [0.717, 1.165) is 11.1 Å². The summed E-state index contributed by atoms with van der Waals surface area (Å²) < 4.78 is 24.5. The number of hydrogen-bond acceptors (Lipinski definition) is 3. The van der Waals surface area contributed by atoms with Gasteiger partial charge in [0.15, 0.2) is 9.84 Å². The smallest absolute Gasteiger partial charge is 0.184 e. The Morgan fingerprint density at radius 3 is 2.22 bits per heavy atom.